The zero-order chi connectivity index (χ0) is 14.5. The minimum Gasteiger partial charge on any atom is -0.381 e. The minimum absolute atomic E-state index is 0.413. The van der Waals surface area contributed by atoms with Crippen LogP contribution in [0.25, 0.3) is 17.3 Å². The Morgan fingerprint density at radius 2 is 2.05 bits per heavy atom. The Morgan fingerprint density at radius 1 is 1.35 bits per heavy atom. The van der Waals surface area contributed by atoms with Crippen molar-refractivity contribution in [3.63, 3.8) is 0 Å². The van der Waals surface area contributed by atoms with Gasteiger partial charge in [-0.1, -0.05) is 36.4 Å². The molecule has 0 radical (unpaired) electrons. The highest BCUT2D eigenvalue weighted by atomic mass is 16.5. The van der Waals surface area contributed by atoms with Gasteiger partial charge in [0.2, 0.25) is 0 Å². The molecule has 2 rings (SSSR count). The van der Waals surface area contributed by atoms with Gasteiger partial charge in [-0.05, 0) is 24.1 Å². The highest BCUT2D eigenvalue weighted by molar-refractivity contribution is 5.95. The van der Waals surface area contributed by atoms with Crippen LogP contribution in [0.3, 0.4) is 0 Å². The number of aromatic nitrogens is 1. The van der Waals surface area contributed by atoms with Gasteiger partial charge in [0, 0.05) is 18.5 Å². The maximum atomic E-state index is 11.2. The van der Waals surface area contributed by atoms with Crippen LogP contribution in [-0.4, -0.2) is 24.6 Å². The number of nitrogens with two attached hydrogens (primary N) is 1. The largest absolute Gasteiger partial charge is 0.381 e. The van der Waals surface area contributed by atoms with Crippen LogP contribution in [0.4, 0.5) is 0 Å². The van der Waals surface area contributed by atoms with Crippen molar-refractivity contribution in [3.05, 3.63) is 53.2 Å². The highest BCUT2D eigenvalue weighted by Gasteiger charge is 2.10. The number of benzene rings is 1. The molecule has 2 aromatic rings. The van der Waals surface area contributed by atoms with E-state index >= 15 is 0 Å². The van der Waals surface area contributed by atoms with Crippen molar-refractivity contribution in [2.75, 3.05) is 13.7 Å². The number of nitrogens with one attached hydrogen (secondary N) is 1. The van der Waals surface area contributed by atoms with Gasteiger partial charge >= 0.3 is 0 Å². The van der Waals surface area contributed by atoms with Gasteiger partial charge in [-0.3, -0.25) is 4.79 Å². The van der Waals surface area contributed by atoms with Gasteiger partial charge in [0.15, 0.2) is 0 Å². The summed E-state index contributed by atoms with van der Waals surface area (Å²) >= 11 is 0. The molecule has 20 heavy (non-hydrogen) atoms. The van der Waals surface area contributed by atoms with E-state index in [0.29, 0.717) is 12.2 Å². The number of carbonyl (C=O) groups excluding carboxylic acids is 1. The number of H-pyrrole nitrogens is 1. The molecule has 1 aromatic heterocycles. The number of carbonyl (C=O) groups is 1. The number of hydrogen-bond acceptors (Lipinski definition) is 2. The van der Waals surface area contributed by atoms with Crippen LogP contribution in [0.1, 0.15) is 21.6 Å². The second-order valence-corrected chi connectivity index (χ2v) is 4.57. The molecule has 1 heterocycles. The summed E-state index contributed by atoms with van der Waals surface area (Å²) in [7, 11) is 1.66. The molecule has 0 saturated heterocycles. The smallest absolute Gasteiger partial charge is 0.250 e. The van der Waals surface area contributed by atoms with Crippen LogP contribution in [0.5, 0.6) is 0 Å². The normalized spacial score (nSPS) is 11.1. The number of primary amides is 1. The van der Waals surface area contributed by atoms with Crippen LogP contribution in [0, 0.1) is 6.92 Å². The fraction of sp³-hybridized carbons (Fsp3) is 0.188. The van der Waals surface area contributed by atoms with Gasteiger partial charge in [-0.25, -0.2) is 0 Å². The van der Waals surface area contributed by atoms with Gasteiger partial charge in [-0.15, -0.1) is 0 Å². The molecule has 0 aliphatic heterocycles. The summed E-state index contributed by atoms with van der Waals surface area (Å²) in [5.74, 6) is -0.413. The first kappa shape index (κ1) is 14.1. The SMILES string of the molecule is COC/C=C/c1ccc(-c2cc(C(N)=O)c(C)[nH]2)cc1. The third-order valence-corrected chi connectivity index (χ3v) is 3.08. The molecule has 0 unspecified atom stereocenters. The zero-order valence-corrected chi connectivity index (χ0v) is 11.6. The van der Waals surface area contributed by atoms with E-state index in [2.05, 4.69) is 4.98 Å². The van der Waals surface area contributed by atoms with Gasteiger partial charge in [-0.2, -0.15) is 0 Å². The predicted octanol–water partition coefficient (Wildman–Crippen LogP) is 2.75. The molecular weight excluding hydrogens is 252 g/mol. The van der Waals surface area contributed by atoms with Crippen molar-refractivity contribution in [3.8, 4) is 11.3 Å². The maximum absolute atomic E-state index is 11.2. The van der Waals surface area contributed by atoms with Crippen LogP contribution in [-0.2, 0) is 4.74 Å². The van der Waals surface area contributed by atoms with E-state index in [1.165, 1.54) is 0 Å². The molecule has 0 saturated carbocycles. The standard InChI is InChI=1S/C16H18N2O2/c1-11-14(16(17)19)10-15(18-11)13-7-5-12(6-8-13)4-3-9-20-2/h3-8,10,18H,9H2,1-2H3,(H2,17,19)/b4-3+. The first-order chi connectivity index (χ1) is 9.61. The topological polar surface area (TPSA) is 68.1 Å². The summed E-state index contributed by atoms with van der Waals surface area (Å²) in [4.78, 5) is 14.4. The van der Waals surface area contributed by atoms with E-state index in [1.807, 2.05) is 43.3 Å². The first-order valence-corrected chi connectivity index (χ1v) is 6.37. The Labute approximate surface area is 118 Å². The fourth-order valence-electron chi connectivity index (χ4n) is 2.02. The molecule has 0 aliphatic rings. The van der Waals surface area contributed by atoms with Crippen molar-refractivity contribution in [2.45, 2.75) is 6.92 Å². The summed E-state index contributed by atoms with van der Waals surface area (Å²) in [6.07, 6.45) is 3.96. The molecule has 0 aliphatic carbocycles. The lowest BCUT2D eigenvalue weighted by atomic mass is 10.1. The number of ether oxygens (including phenoxy) is 1. The van der Waals surface area contributed by atoms with Gasteiger partial charge in [0.25, 0.3) is 5.91 Å². The summed E-state index contributed by atoms with van der Waals surface area (Å²) in [6, 6.07) is 9.82. The quantitative estimate of drug-likeness (QED) is 0.877. The molecule has 4 nitrogen and oxygen atoms in total. The van der Waals surface area contributed by atoms with Crippen molar-refractivity contribution in [1.82, 2.24) is 4.98 Å². The maximum Gasteiger partial charge on any atom is 0.250 e. The lowest BCUT2D eigenvalue weighted by Gasteiger charge is -1.99. The van der Waals surface area contributed by atoms with Crippen molar-refractivity contribution in [1.29, 1.82) is 0 Å². The minimum atomic E-state index is -0.413. The highest BCUT2D eigenvalue weighted by Crippen LogP contribution is 2.22. The third-order valence-electron chi connectivity index (χ3n) is 3.08. The average molecular weight is 270 g/mol. The van der Waals surface area contributed by atoms with Crippen LogP contribution in [0.2, 0.25) is 0 Å². The molecule has 4 heteroatoms. The number of methoxy groups -OCH3 is 1. The Bertz CT molecular complexity index is 624. The van der Waals surface area contributed by atoms with E-state index in [0.717, 1.165) is 22.5 Å². The summed E-state index contributed by atoms with van der Waals surface area (Å²) in [5, 5.41) is 0. The van der Waals surface area contributed by atoms with Crippen LogP contribution >= 0.6 is 0 Å². The lowest BCUT2D eigenvalue weighted by molar-refractivity contribution is 0.1000. The summed E-state index contributed by atoms with van der Waals surface area (Å²) in [6.45, 7) is 2.44. The van der Waals surface area contributed by atoms with Crippen LogP contribution in [0.15, 0.2) is 36.4 Å². The Hall–Kier alpha value is -2.33. The molecule has 1 amide bonds. The van der Waals surface area contributed by atoms with Crippen molar-refractivity contribution < 1.29 is 9.53 Å². The summed E-state index contributed by atoms with van der Waals surface area (Å²) in [5.41, 5.74) is 9.65. The molecule has 0 bridgehead atoms. The second-order valence-electron chi connectivity index (χ2n) is 4.57. The summed E-state index contributed by atoms with van der Waals surface area (Å²) < 4.78 is 4.96. The Morgan fingerprint density at radius 3 is 2.60 bits per heavy atom. The fourth-order valence-corrected chi connectivity index (χ4v) is 2.02. The van der Waals surface area contributed by atoms with Crippen molar-refractivity contribution >= 4 is 12.0 Å². The Balaban J connectivity index is 2.21. The van der Waals surface area contributed by atoms with E-state index in [4.69, 9.17) is 10.5 Å². The first-order valence-electron chi connectivity index (χ1n) is 6.37. The lowest BCUT2D eigenvalue weighted by Crippen LogP contribution is -2.10. The molecule has 104 valence electrons. The second kappa shape index (κ2) is 6.21. The molecule has 0 atom stereocenters. The van der Waals surface area contributed by atoms with Gasteiger partial charge in [0.05, 0.1) is 12.2 Å². The Kier molecular flexibility index (Phi) is 4.38. The molecular formula is C16H18N2O2. The number of amides is 1. The third kappa shape index (κ3) is 3.16. The molecule has 0 fully saturated rings. The predicted molar refractivity (Wildman–Crippen MR) is 80.4 cm³/mol. The van der Waals surface area contributed by atoms with E-state index in [-0.39, 0.29) is 0 Å². The van der Waals surface area contributed by atoms with Crippen LogP contribution < -0.4 is 5.73 Å². The van der Waals surface area contributed by atoms with E-state index in [1.54, 1.807) is 13.2 Å². The molecule has 1 aromatic carbocycles. The zero-order valence-electron chi connectivity index (χ0n) is 11.6. The average Bonchev–Trinajstić information content (AvgIpc) is 2.82. The van der Waals surface area contributed by atoms with Crippen molar-refractivity contribution in [2.24, 2.45) is 5.73 Å². The number of aryl methyl sites for hydroxylation is 1. The number of hydrogen-bond donors (Lipinski definition) is 2. The monoisotopic (exact) mass is 270 g/mol. The molecule has 0 spiro atoms. The number of aromatic amines is 1. The van der Waals surface area contributed by atoms with E-state index < -0.39 is 5.91 Å². The van der Waals surface area contributed by atoms with E-state index in [9.17, 15) is 4.79 Å². The molecule has 3 N–H and O–H groups in total. The number of rotatable bonds is 5. The van der Waals surface area contributed by atoms with Gasteiger partial charge < -0.3 is 15.5 Å². The van der Waals surface area contributed by atoms with Gasteiger partial charge in [0.1, 0.15) is 0 Å².